The number of pyridine rings is 1. The molecule has 5 aromatic rings. The topological polar surface area (TPSA) is 107 Å². The highest BCUT2D eigenvalue weighted by atomic mass is 35.5. The van der Waals surface area contributed by atoms with Crippen LogP contribution in [0.25, 0.3) is 28.3 Å². The molecule has 0 saturated heterocycles. The summed E-state index contributed by atoms with van der Waals surface area (Å²) < 4.78 is 12.9. The smallest absolute Gasteiger partial charge is 0.347 e. The lowest BCUT2D eigenvalue weighted by Gasteiger charge is -2.08. The van der Waals surface area contributed by atoms with E-state index in [9.17, 15) is 10.1 Å². The lowest BCUT2D eigenvalue weighted by Crippen LogP contribution is -2.08. The number of hydrogen-bond donors (Lipinski definition) is 0. The van der Waals surface area contributed by atoms with Gasteiger partial charge in [-0.05, 0) is 66.9 Å². The molecule has 0 amide bonds. The molecule has 0 atom stereocenters. The van der Waals surface area contributed by atoms with Crippen molar-refractivity contribution in [2.24, 2.45) is 0 Å². The average Bonchev–Trinajstić information content (AvgIpc) is 3.32. The number of benzene rings is 2. The van der Waals surface area contributed by atoms with E-state index in [2.05, 4.69) is 15.1 Å². The Balaban J connectivity index is 1.50. The first-order chi connectivity index (χ1) is 17.9. The zero-order valence-corrected chi connectivity index (χ0v) is 21.1. The van der Waals surface area contributed by atoms with Crippen molar-refractivity contribution in [1.82, 2.24) is 19.7 Å². The molecule has 0 unspecified atom stereocenters. The van der Waals surface area contributed by atoms with Crippen LogP contribution in [0, 0.1) is 18.3 Å². The maximum atomic E-state index is 12.9. The van der Waals surface area contributed by atoms with Gasteiger partial charge in [0.1, 0.15) is 5.69 Å². The second kappa shape index (κ2) is 10.5. The first-order valence-electron chi connectivity index (χ1n) is 11.3. The van der Waals surface area contributed by atoms with E-state index in [0.717, 1.165) is 5.56 Å². The molecule has 0 radical (unpaired) electrons. The van der Waals surface area contributed by atoms with Crippen LogP contribution in [-0.4, -0.2) is 26.4 Å². The molecule has 5 rings (SSSR count). The van der Waals surface area contributed by atoms with Crippen molar-refractivity contribution < 1.29 is 9.15 Å². The minimum absolute atomic E-state index is 0.0481. The van der Waals surface area contributed by atoms with Crippen LogP contribution in [0.5, 0.6) is 0 Å². The Hall–Kier alpha value is -4.03. The maximum absolute atomic E-state index is 12.9. The first-order valence-corrected chi connectivity index (χ1v) is 12.1. The minimum Gasteiger partial charge on any atom is -0.401 e. The van der Waals surface area contributed by atoms with E-state index in [1.54, 1.807) is 37.4 Å². The molecule has 3 aromatic heterocycles. The summed E-state index contributed by atoms with van der Waals surface area (Å²) in [6.45, 7) is 2.46. The largest absolute Gasteiger partial charge is 0.401 e. The monoisotopic (exact) mass is 531 g/mol. The maximum Gasteiger partial charge on any atom is 0.347 e. The van der Waals surface area contributed by atoms with Gasteiger partial charge in [0, 0.05) is 11.2 Å². The molecular weight excluding hydrogens is 513 g/mol. The number of rotatable bonds is 7. The van der Waals surface area contributed by atoms with Gasteiger partial charge in [-0.1, -0.05) is 35.3 Å². The van der Waals surface area contributed by atoms with Crippen LogP contribution in [0.2, 0.25) is 10.0 Å². The summed E-state index contributed by atoms with van der Waals surface area (Å²) >= 11 is 12.4. The van der Waals surface area contributed by atoms with Gasteiger partial charge in [-0.2, -0.15) is 10.4 Å². The van der Waals surface area contributed by atoms with E-state index >= 15 is 0 Å². The lowest BCUT2D eigenvalue weighted by atomic mass is 10.1. The molecule has 0 saturated carbocycles. The van der Waals surface area contributed by atoms with Crippen molar-refractivity contribution in [3.05, 3.63) is 104 Å². The fourth-order valence-corrected chi connectivity index (χ4v) is 4.22. The molecule has 0 aliphatic rings. The third-order valence-corrected chi connectivity index (χ3v) is 6.22. The van der Waals surface area contributed by atoms with Gasteiger partial charge in [-0.3, -0.25) is 0 Å². The molecule has 0 aliphatic carbocycles. The number of halogens is 2. The highest BCUT2D eigenvalue weighted by Gasteiger charge is 2.20. The zero-order chi connectivity index (χ0) is 25.9. The van der Waals surface area contributed by atoms with E-state index in [0.29, 0.717) is 56.9 Å². The number of aryl methyl sites for hydroxylation is 1. The molecule has 0 fully saturated rings. The molecule has 10 heteroatoms. The molecular formula is C27H19Cl2N5O3. The third kappa shape index (κ3) is 5.25. The van der Waals surface area contributed by atoms with Gasteiger partial charge in [-0.15, -0.1) is 0 Å². The molecule has 0 spiro atoms. The van der Waals surface area contributed by atoms with Crippen molar-refractivity contribution in [3.63, 3.8) is 0 Å². The molecule has 8 nitrogen and oxygen atoms in total. The van der Waals surface area contributed by atoms with Crippen LogP contribution in [0.4, 0.5) is 0 Å². The Bertz CT molecular complexity index is 1700. The predicted octanol–water partition coefficient (Wildman–Crippen LogP) is 5.68. The van der Waals surface area contributed by atoms with Crippen LogP contribution in [0.1, 0.15) is 22.4 Å². The summed E-state index contributed by atoms with van der Waals surface area (Å²) in [5.41, 5.74) is 2.93. The normalized spacial score (nSPS) is 11.1. The Morgan fingerprint density at radius 2 is 1.95 bits per heavy atom. The molecule has 2 aromatic carbocycles. The quantitative estimate of drug-likeness (QED) is 0.248. The Labute approximate surface area is 221 Å². The average molecular weight is 532 g/mol. The Morgan fingerprint density at radius 1 is 1.14 bits per heavy atom. The number of aromatic nitrogens is 4. The fourth-order valence-electron chi connectivity index (χ4n) is 3.89. The Kier molecular flexibility index (Phi) is 7.01. The number of hydrogen-bond acceptors (Lipinski definition) is 7. The minimum atomic E-state index is -0.610. The van der Waals surface area contributed by atoms with E-state index in [1.807, 2.05) is 30.3 Å². The van der Waals surface area contributed by atoms with E-state index in [-0.39, 0.29) is 17.9 Å². The summed E-state index contributed by atoms with van der Waals surface area (Å²) in [5, 5.41) is 15.1. The van der Waals surface area contributed by atoms with Crippen LogP contribution in [0.3, 0.4) is 0 Å². The van der Waals surface area contributed by atoms with Gasteiger partial charge in [0.25, 0.3) is 0 Å². The van der Waals surface area contributed by atoms with Crippen molar-refractivity contribution in [2.75, 3.05) is 6.61 Å². The molecule has 0 N–H and O–H groups in total. The fraction of sp³-hybridized carbons (Fsp3) is 0.148. The number of nitriles is 1. The first kappa shape index (κ1) is 24.7. The number of ether oxygens (including phenoxy) is 1. The van der Waals surface area contributed by atoms with Gasteiger partial charge >= 0.3 is 5.63 Å². The van der Waals surface area contributed by atoms with E-state index < -0.39 is 5.63 Å². The second-order valence-electron chi connectivity index (χ2n) is 8.28. The van der Waals surface area contributed by atoms with Crippen molar-refractivity contribution in [2.45, 2.75) is 20.0 Å². The highest BCUT2D eigenvalue weighted by molar-refractivity contribution is 6.32. The molecule has 0 aliphatic heterocycles. The van der Waals surface area contributed by atoms with E-state index in [4.69, 9.17) is 32.4 Å². The van der Waals surface area contributed by atoms with Gasteiger partial charge in [0.15, 0.2) is 5.82 Å². The standard InChI is InChI=1S/C27H19Cl2N5O3/c1-16-11-18(14-30)12-21-24(16)32-26(37-27(21)35)23-13-20(33-34(23)25-22(29)3-2-9-31-25)15-36-10-8-17-4-6-19(28)7-5-17/h2-7,9,11-13H,8,10,15H2,1H3. The SMILES string of the molecule is Cc1cc(C#N)cc2c(=O)oc(-c3cc(COCCc4ccc(Cl)cc4)nn3-c3ncccc3Cl)nc12. The van der Waals surface area contributed by atoms with Crippen LogP contribution in [-0.2, 0) is 17.8 Å². The van der Waals surface area contributed by atoms with Crippen LogP contribution < -0.4 is 5.63 Å². The summed E-state index contributed by atoms with van der Waals surface area (Å²) in [5.74, 6) is 0.402. The summed E-state index contributed by atoms with van der Waals surface area (Å²) in [6, 6.07) is 17.9. The predicted molar refractivity (Wildman–Crippen MR) is 140 cm³/mol. The zero-order valence-electron chi connectivity index (χ0n) is 19.6. The van der Waals surface area contributed by atoms with Gasteiger partial charge in [-0.25, -0.2) is 19.4 Å². The molecule has 184 valence electrons. The number of fused-ring (bicyclic) bond motifs is 1. The summed E-state index contributed by atoms with van der Waals surface area (Å²) in [6.07, 6.45) is 2.30. The second-order valence-corrected chi connectivity index (χ2v) is 9.12. The van der Waals surface area contributed by atoms with Crippen molar-refractivity contribution in [1.29, 1.82) is 5.26 Å². The van der Waals surface area contributed by atoms with Crippen molar-refractivity contribution >= 4 is 34.1 Å². The number of nitrogens with zero attached hydrogens (tertiary/aromatic N) is 5. The van der Waals surface area contributed by atoms with E-state index in [1.165, 1.54) is 10.7 Å². The van der Waals surface area contributed by atoms with Crippen LogP contribution in [0.15, 0.2) is 70.0 Å². The van der Waals surface area contributed by atoms with Gasteiger partial charge < -0.3 is 9.15 Å². The van der Waals surface area contributed by atoms with Gasteiger partial charge in [0.2, 0.25) is 5.89 Å². The molecule has 37 heavy (non-hydrogen) atoms. The van der Waals surface area contributed by atoms with Gasteiger partial charge in [0.05, 0.1) is 46.5 Å². The Morgan fingerprint density at radius 3 is 2.70 bits per heavy atom. The summed E-state index contributed by atoms with van der Waals surface area (Å²) in [4.78, 5) is 21.8. The van der Waals surface area contributed by atoms with Crippen molar-refractivity contribution in [3.8, 4) is 23.5 Å². The summed E-state index contributed by atoms with van der Waals surface area (Å²) in [7, 11) is 0. The lowest BCUT2D eigenvalue weighted by molar-refractivity contribution is 0.121. The highest BCUT2D eigenvalue weighted by Crippen LogP contribution is 2.27. The van der Waals surface area contributed by atoms with Crippen LogP contribution >= 0.6 is 23.2 Å². The molecule has 3 heterocycles. The molecule has 0 bridgehead atoms. The third-order valence-electron chi connectivity index (χ3n) is 5.67.